The first-order valence-corrected chi connectivity index (χ1v) is 12.0. The number of likely N-dealkylation sites (N-methyl/N-ethyl adjacent to an activating group) is 1. The highest BCUT2D eigenvalue weighted by atomic mass is 32.2. The number of hydrogen-bond acceptors (Lipinski definition) is 4. The van der Waals surface area contributed by atoms with E-state index in [1.165, 1.54) is 11.9 Å². The van der Waals surface area contributed by atoms with Crippen molar-refractivity contribution < 1.29 is 18.0 Å². The van der Waals surface area contributed by atoms with E-state index in [-0.39, 0.29) is 24.9 Å². The maximum absolute atomic E-state index is 13.3. The maximum Gasteiger partial charge on any atom is 0.247 e. The van der Waals surface area contributed by atoms with Gasteiger partial charge >= 0.3 is 0 Å². The van der Waals surface area contributed by atoms with Crippen LogP contribution in [0.3, 0.4) is 0 Å². The SMILES string of the molecule is CC(C)CNC(=O)C(c1ccccc1)N(Cc1ccccc1)C(=O)CN(C)S(C)(=O)=O. The summed E-state index contributed by atoms with van der Waals surface area (Å²) in [6, 6.07) is 17.5. The molecular weight excluding hydrogens is 414 g/mol. The molecule has 31 heavy (non-hydrogen) atoms. The van der Waals surface area contributed by atoms with E-state index in [2.05, 4.69) is 5.32 Å². The maximum atomic E-state index is 13.3. The Balaban J connectivity index is 2.46. The van der Waals surface area contributed by atoms with Crippen LogP contribution >= 0.6 is 0 Å². The van der Waals surface area contributed by atoms with E-state index >= 15 is 0 Å². The Bertz CT molecular complexity index is 963. The van der Waals surface area contributed by atoms with Crippen molar-refractivity contribution in [2.45, 2.75) is 26.4 Å². The molecule has 0 aliphatic rings. The van der Waals surface area contributed by atoms with Gasteiger partial charge in [0.05, 0.1) is 12.8 Å². The summed E-state index contributed by atoms with van der Waals surface area (Å²) in [6.07, 6.45) is 1.05. The summed E-state index contributed by atoms with van der Waals surface area (Å²) in [5.41, 5.74) is 1.51. The standard InChI is InChI=1S/C23H31N3O4S/c1-18(2)15-24-23(28)22(20-13-9-6-10-14-20)26(16-19-11-7-5-8-12-19)21(27)17-25(3)31(4,29)30/h5-14,18,22H,15-17H2,1-4H3,(H,24,28). The monoisotopic (exact) mass is 445 g/mol. The van der Waals surface area contributed by atoms with Gasteiger partial charge in [0.1, 0.15) is 6.04 Å². The predicted molar refractivity (Wildman–Crippen MR) is 121 cm³/mol. The molecule has 168 valence electrons. The van der Waals surface area contributed by atoms with Crippen molar-refractivity contribution in [2.24, 2.45) is 5.92 Å². The minimum Gasteiger partial charge on any atom is -0.354 e. The summed E-state index contributed by atoms with van der Waals surface area (Å²) in [5.74, 6) is -0.508. The first kappa shape index (κ1) is 24.6. The van der Waals surface area contributed by atoms with Crippen molar-refractivity contribution in [3.63, 3.8) is 0 Å². The highest BCUT2D eigenvalue weighted by molar-refractivity contribution is 7.88. The van der Waals surface area contributed by atoms with Crippen molar-refractivity contribution in [1.82, 2.24) is 14.5 Å². The quantitative estimate of drug-likeness (QED) is 0.609. The van der Waals surface area contributed by atoms with Gasteiger partial charge in [-0.15, -0.1) is 0 Å². The first-order chi connectivity index (χ1) is 14.6. The zero-order valence-corrected chi connectivity index (χ0v) is 19.3. The average molecular weight is 446 g/mol. The Hall–Kier alpha value is -2.71. The molecule has 2 aromatic rings. The lowest BCUT2D eigenvalue weighted by atomic mass is 10.0. The molecule has 0 heterocycles. The van der Waals surface area contributed by atoms with Crippen molar-refractivity contribution in [3.8, 4) is 0 Å². The van der Waals surface area contributed by atoms with Gasteiger partial charge in [0.25, 0.3) is 0 Å². The highest BCUT2D eigenvalue weighted by Crippen LogP contribution is 2.24. The Morgan fingerprint density at radius 2 is 1.52 bits per heavy atom. The lowest BCUT2D eigenvalue weighted by Crippen LogP contribution is -2.47. The van der Waals surface area contributed by atoms with Gasteiger partial charge in [-0.3, -0.25) is 9.59 Å². The number of carbonyl (C=O) groups is 2. The van der Waals surface area contributed by atoms with Gasteiger partial charge in [-0.2, -0.15) is 4.31 Å². The molecule has 0 saturated heterocycles. The molecule has 8 heteroatoms. The molecule has 0 aliphatic carbocycles. The second-order valence-electron chi connectivity index (χ2n) is 7.98. The Labute approximate surface area is 185 Å². The molecule has 0 fully saturated rings. The van der Waals surface area contributed by atoms with Gasteiger partial charge in [-0.05, 0) is 17.0 Å². The van der Waals surface area contributed by atoms with Gasteiger partial charge in [-0.1, -0.05) is 74.5 Å². The fraction of sp³-hybridized carbons (Fsp3) is 0.391. The molecule has 0 bridgehead atoms. The van der Waals surface area contributed by atoms with Crippen molar-refractivity contribution in [1.29, 1.82) is 0 Å². The van der Waals surface area contributed by atoms with Gasteiger partial charge < -0.3 is 10.2 Å². The molecule has 2 aromatic carbocycles. The normalized spacial score (nSPS) is 12.6. The second kappa shape index (κ2) is 11.1. The van der Waals surface area contributed by atoms with E-state index in [0.29, 0.717) is 12.1 Å². The summed E-state index contributed by atoms with van der Waals surface area (Å²) in [4.78, 5) is 28.0. The highest BCUT2D eigenvalue weighted by Gasteiger charge is 2.32. The third-order valence-electron chi connectivity index (χ3n) is 4.80. The van der Waals surface area contributed by atoms with Crippen molar-refractivity contribution in [2.75, 3.05) is 26.4 Å². The number of carbonyl (C=O) groups excluding carboxylic acids is 2. The minimum absolute atomic E-state index is 0.173. The lowest BCUT2D eigenvalue weighted by Gasteiger charge is -2.32. The topological polar surface area (TPSA) is 86.8 Å². The van der Waals surface area contributed by atoms with E-state index in [0.717, 1.165) is 16.1 Å². The molecular formula is C23H31N3O4S. The minimum atomic E-state index is -3.55. The van der Waals surface area contributed by atoms with E-state index in [4.69, 9.17) is 0 Å². The summed E-state index contributed by atoms with van der Waals surface area (Å²) in [5, 5.41) is 2.92. The van der Waals surface area contributed by atoms with Gasteiger partial charge in [-0.25, -0.2) is 8.42 Å². The number of nitrogens with zero attached hydrogens (tertiary/aromatic N) is 2. The summed E-state index contributed by atoms with van der Waals surface area (Å²) < 4.78 is 24.7. The molecule has 0 aromatic heterocycles. The third kappa shape index (κ3) is 7.48. The third-order valence-corrected chi connectivity index (χ3v) is 6.06. The Morgan fingerprint density at radius 1 is 0.968 bits per heavy atom. The molecule has 0 saturated carbocycles. The van der Waals surface area contributed by atoms with Gasteiger partial charge in [0.15, 0.2) is 0 Å². The van der Waals surface area contributed by atoms with Crippen LogP contribution in [0.5, 0.6) is 0 Å². The van der Waals surface area contributed by atoms with Crippen molar-refractivity contribution in [3.05, 3.63) is 71.8 Å². The summed E-state index contributed by atoms with van der Waals surface area (Å²) in [6.45, 7) is 4.27. The number of benzene rings is 2. The zero-order chi connectivity index (χ0) is 23.0. The first-order valence-electron chi connectivity index (χ1n) is 10.2. The van der Waals surface area contributed by atoms with E-state index in [1.807, 2.05) is 62.4 Å². The number of nitrogens with one attached hydrogen (secondary N) is 1. The van der Waals surface area contributed by atoms with Crippen LogP contribution in [0, 0.1) is 5.92 Å². The van der Waals surface area contributed by atoms with E-state index < -0.39 is 22.0 Å². The fourth-order valence-electron chi connectivity index (χ4n) is 3.01. The molecule has 0 spiro atoms. The van der Waals surface area contributed by atoms with Gasteiger partial charge in [0, 0.05) is 20.1 Å². The van der Waals surface area contributed by atoms with Crippen molar-refractivity contribution >= 4 is 21.8 Å². The summed E-state index contributed by atoms with van der Waals surface area (Å²) in [7, 11) is -2.20. The fourth-order valence-corrected chi connectivity index (χ4v) is 3.36. The van der Waals surface area contributed by atoms with Crippen LogP contribution in [0.25, 0.3) is 0 Å². The largest absolute Gasteiger partial charge is 0.354 e. The Kier molecular flexibility index (Phi) is 8.76. The van der Waals surface area contributed by atoms with E-state index in [9.17, 15) is 18.0 Å². The molecule has 0 radical (unpaired) electrons. The zero-order valence-electron chi connectivity index (χ0n) is 18.5. The van der Waals surface area contributed by atoms with Crippen LogP contribution in [-0.4, -0.2) is 55.8 Å². The Morgan fingerprint density at radius 3 is 2.03 bits per heavy atom. The second-order valence-corrected chi connectivity index (χ2v) is 10.1. The number of hydrogen-bond donors (Lipinski definition) is 1. The number of amides is 2. The van der Waals surface area contributed by atoms with Crippen LogP contribution in [0.1, 0.15) is 31.0 Å². The molecule has 1 atom stereocenters. The average Bonchev–Trinajstić information content (AvgIpc) is 2.72. The van der Waals surface area contributed by atoms with E-state index in [1.54, 1.807) is 12.1 Å². The summed E-state index contributed by atoms with van der Waals surface area (Å²) >= 11 is 0. The van der Waals surface area contributed by atoms with Crippen LogP contribution in [0.2, 0.25) is 0 Å². The van der Waals surface area contributed by atoms with Crippen LogP contribution in [-0.2, 0) is 26.2 Å². The molecule has 1 unspecified atom stereocenters. The van der Waals surface area contributed by atoms with Crippen LogP contribution in [0.15, 0.2) is 60.7 Å². The van der Waals surface area contributed by atoms with Crippen LogP contribution in [0.4, 0.5) is 0 Å². The molecule has 0 aliphatic heterocycles. The van der Waals surface area contributed by atoms with Gasteiger partial charge in [0.2, 0.25) is 21.8 Å². The number of sulfonamides is 1. The predicted octanol–water partition coefficient (Wildman–Crippen LogP) is 2.42. The lowest BCUT2D eigenvalue weighted by molar-refractivity contribution is -0.141. The van der Waals surface area contributed by atoms with Crippen LogP contribution < -0.4 is 5.32 Å². The smallest absolute Gasteiger partial charge is 0.247 e. The molecule has 1 N–H and O–H groups in total. The number of rotatable bonds is 10. The molecule has 7 nitrogen and oxygen atoms in total. The molecule has 2 rings (SSSR count). The molecule has 2 amide bonds.